The topological polar surface area (TPSA) is 35.3 Å². The first-order valence-electron chi connectivity index (χ1n) is 4.69. The molecule has 62 valence electrons. The molecule has 4 heteroatoms. The zero-order valence-electron chi connectivity index (χ0n) is 8.87. The molecule has 2 rings (SSSR count). The minimum absolute atomic E-state index is 0.0102. The summed E-state index contributed by atoms with van der Waals surface area (Å²) < 4.78 is 30.5. The number of halogens is 1. The van der Waals surface area contributed by atoms with Gasteiger partial charge in [0.05, 0.1) is 11.2 Å². The first-order chi connectivity index (χ1) is 6.94. The van der Waals surface area contributed by atoms with Gasteiger partial charge in [0.2, 0.25) is 0 Å². The first-order valence-corrected chi connectivity index (χ1v) is 3.57. The third-order valence-electron chi connectivity index (χ3n) is 1.45. The first kappa shape index (κ1) is 4.72. The molecule has 2 aromatic rings. The number of nitrogens with zero attached hydrogens (tertiary/aromatic N) is 1. The van der Waals surface area contributed by atoms with Gasteiger partial charge >= 0.3 is 0 Å². The molecular weight excluding hydrogens is 178 g/mol. The summed E-state index contributed by atoms with van der Waals surface area (Å²) in [6, 6.07) is 4.49. The van der Waals surface area contributed by atoms with Crippen molar-refractivity contribution in [1.29, 1.82) is 0 Å². The van der Waals surface area contributed by atoms with Gasteiger partial charge < -0.3 is 9.15 Å². The predicted molar refractivity (Wildman–Crippen MR) is 45.6 cm³/mol. The Kier molecular flexibility index (Phi) is 1.05. The standard InChI is InChI=1S/C8H6ClNO2/c1-11-5-2-3-7-6(4-5)10-8(9)12-7/h2-4H,1H3/i1D3. The highest BCUT2D eigenvalue weighted by molar-refractivity contribution is 6.28. The summed E-state index contributed by atoms with van der Waals surface area (Å²) in [7, 11) is -2.47. The lowest BCUT2D eigenvalue weighted by atomic mass is 10.3. The lowest BCUT2D eigenvalue weighted by molar-refractivity contribution is 0.415. The summed E-state index contributed by atoms with van der Waals surface area (Å²) in [4.78, 5) is 3.84. The van der Waals surface area contributed by atoms with Gasteiger partial charge in [-0.05, 0) is 23.7 Å². The second-order valence-corrected chi connectivity index (χ2v) is 2.52. The maximum Gasteiger partial charge on any atom is 0.293 e. The Morgan fingerprint density at radius 3 is 3.42 bits per heavy atom. The van der Waals surface area contributed by atoms with Crippen molar-refractivity contribution >= 4 is 22.7 Å². The fraction of sp³-hybridized carbons (Fsp3) is 0.125. The monoisotopic (exact) mass is 186 g/mol. The summed E-state index contributed by atoms with van der Waals surface area (Å²) in [5.41, 5.74) is 0.944. The zero-order chi connectivity index (χ0) is 11.1. The van der Waals surface area contributed by atoms with E-state index in [9.17, 15) is 0 Å². The van der Waals surface area contributed by atoms with E-state index in [-0.39, 0.29) is 11.1 Å². The van der Waals surface area contributed by atoms with E-state index in [0.29, 0.717) is 11.1 Å². The second-order valence-electron chi connectivity index (χ2n) is 2.20. The van der Waals surface area contributed by atoms with Gasteiger partial charge in [-0.3, -0.25) is 0 Å². The third-order valence-corrected chi connectivity index (χ3v) is 1.61. The summed E-state index contributed by atoms with van der Waals surface area (Å²) in [5, 5.41) is 0.0102. The fourth-order valence-corrected chi connectivity index (χ4v) is 1.12. The van der Waals surface area contributed by atoms with Crippen LogP contribution in [-0.4, -0.2) is 12.0 Å². The van der Waals surface area contributed by atoms with Gasteiger partial charge in [-0.2, -0.15) is 4.98 Å². The average molecular weight is 187 g/mol. The minimum atomic E-state index is -2.47. The number of methoxy groups -OCH3 is 1. The molecule has 0 atom stereocenters. The van der Waals surface area contributed by atoms with E-state index in [0.717, 1.165) is 0 Å². The number of hydrogen-bond acceptors (Lipinski definition) is 3. The van der Waals surface area contributed by atoms with E-state index in [1.165, 1.54) is 12.1 Å². The molecule has 0 saturated carbocycles. The molecular formula is C8H6ClNO2. The molecule has 0 unspecified atom stereocenters. The smallest absolute Gasteiger partial charge is 0.293 e. The Hall–Kier alpha value is -1.22. The molecule has 1 aromatic heterocycles. The summed E-state index contributed by atoms with van der Waals surface area (Å²) in [6.45, 7) is 0. The molecule has 0 spiro atoms. The van der Waals surface area contributed by atoms with Crippen LogP contribution in [0.25, 0.3) is 11.1 Å². The van der Waals surface area contributed by atoms with Crippen molar-refractivity contribution in [2.75, 3.05) is 7.04 Å². The zero-order valence-corrected chi connectivity index (χ0v) is 6.63. The quantitative estimate of drug-likeness (QED) is 0.687. The maximum absolute atomic E-state index is 6.92. The van der Waals surface area contributed by atoms with Crippen molar-refractivity contribution in [3.63, 3.8) is 0 Å². The van der Waals surface area contributed by atoms with Crippen LogP contribution in [0.3, 0.4) is 0 Å². The van der Waals surface area contributed by atoms with Crippen LogP contribution in [0.5, 0.6) is 5.75 Å². The van der Waals surface area contributed by atoms with E-state index in [1.54, 1.807) is 6.07 Å². The van der Waals surface area contributed by atoms with Crippen molar-refractivity contribution in [3.8, 4) is 5.75 Å². The second kappa shape index (κ2) is 2.68. The van der Waals surface area contributed by atoms with Crippen molar-refractivity contribution in [2.45, 2.75) is 0 Å². The van der Waals surface area contributed by atoms with Crippen molar-refractivity contribution in [3.05, 3.63) is 23.5 Å². The SMILES string of the molecule is [2H]C([2H])([2H])Oc1ccc2oc(Cl)nc2c1. The minimum Gasteiger partial charge on any atom is -0.497 e. The van der Waals surface area contributed by atoms with Crippen LogP contribution >= 0.6 is 11.6 Å². The number of aromatic nitrogens is 1. The molecule has 0 radical (unpaired) electrons. The molecule has 12 heavy (non-hydrogen) atoms. The number of fused-ring (bicyclic) bond motifs is 1. The molecule has 0 N–H and O–H groups in total. The molecule has 0 aliphatic heterocycles. The molecule has 0 amide bonds. The normalized spacial score (nSPS) is 15.2. The van der Waals surface area contributed by atoms with Crippen LogP contribution in [0.1, 0.15) is 4.11 Å². The number of benzene rings is 1. The lowest BCUT2D eigenvalue weighted by Gasteiger charge is -1.95. The number of hydrogen-bond donors (Lipinski definition) is 0. The van der Waals surface area contributed by atoms with Crippen LogP contribution in [-0.2, 0) is 0 Å². The Bertz CT molecular complexity index is 494. The van der Waals surface area contributed by atoms with Crippen molar-refractivity contribution < 1.29 is 13.3 Å². The predicted octanol–water partition coefficient (Wildman–Crippen LogP) is 2.49. The molecule has 0 aliphatic rings. The number of oxazole rings is 1. The Labute approximate surface area is 78.1 Å². The van der Waals surface area contributed by atoms with E-state index >= 15 is 0 Å². The Morgan fingerprint density at radius 1 is 1.67 bits per heavy atom. The van der Waals surface area contributed by atoms with Crippen LogP contribution in [0.4, 0.5) is 0 Å². The van der Waals surface area contributed by atoms with Gasteiger partial charge in [-0.25, -0.2) is 0 Å². The van der Waals surface area contributed by atoms with E-state index < -0.39 is 7.04 Å². The highest BCUT2D eigenvalue weighted by atomic mass is 35.5. The van der Waals surface area contributed by atoms with Crippen LogP contribution in [0, 0.1) is 0 Å². The third kappa shape index (κ3) is 1.12. The van der Waals surface area contributed by atoms with Gasteiger partial charge in [0.1, 0.15) is 11.3 Å². The summed E-state index contributed by atoms with van der Waals surface area (Å²) >= 11 is 5.54. The van der Waals surface area contributed by atoms with Gasteiger partial charge in [0, 0.05) is 6.07 Å². The lowest BCUT2D eigenvalue weighted by Crippen LogP contribution is -1.80. The Balaban J connectivity index is 2.38. The summed E-state index contributed by atoms with van der Waals surface area (Å²) in [5.74, 6) is 0.201. The van der Waals surface area contributed by atoms with Crippen molar-refractivity contribution in [2.24, 2.45) is 0 Å². The molecule has 0 bridgehead atoms. The molecule has 0 saturated heterocycles. The van der Waals surface area contributed by atoms with Gasteiger partial charge in [0.15, 0.2) is 5.58 Å². The van der Waals surface area contributed by atoms with Crippen molar-refractivity contribution in [1.82, 2.24) is 4.98 Å². The highest BCUT2D eigenvalue weighted by Gasteiger charge is 2.03. The number of rotatable bonds is 1. The summed E-state index contributed by atoms with van der Waals surface area (Å²) in [6.07, 6.45) is 0. The van der Waals surface area contributed by atoms with Crippen LogP contribution < -0.4 is 4.74 Å². The Morgan fingerprint density at radius 2 is 2.58 bits per heavy atom. The molecule has 0 fully saturated rings. The van der Waals surface area contributed by atoms with Gasteiger partial charge in [-0.1, -0.05) is 0 Å². The largest absolute Gasteiger partial charge is 0.497 e. The molecule has 0 aliphatic carbocycles. The average Bonchev–Trinajstić information content (AvgIpc) is 2.40. The van der Waals surface area contributed by atoms with Crippen LogP contribution in [0.2, 0.25) is 5.35 Å². The van der Waals surface area contributed by atoms with Gasteiger partial charge in [0.25, 0.3) is 5.35 Å². The molecule has 3 nitrogen and oxygen atoms in total. The van der Waals surface area contributed by atoms with E-state index in [2.05, 4.69) is 4.98 Å². The van der Waals surface area contributed by atoms with Gasteiger partial charge in [-0.15, -0.1) is 0 Å². The van der Waals surface area contributed by atoms with E-state index in [1.807, 2.05) is 0 Å². The highest BCUT2D eigenvalue weighted by Crippen LogP contribution is 2.22. The van der Waals surface area contributed by atoms with E-state index in [4.69, 9.17) is 24.9 Å². The van der Waals surface area contributed by atoms with Crippen LogP contribution in [0.15, 0.2) is 22.6 Å². The maximum atomic E-state index is 6.92. The fourth-order valence-electron chi connectivity index (χ4n) is 0.943. The number of ether oxygens (including phenoxy) is 1. The molecule has 1 aromatic carbocycles. The molecule has 1 heterocycles.